The normalized spacial score (nSPS) is 12.8. The monoisotopic (exact) mass is 287 g/mol. The molecule has 3 rings (SSSR count). The summed E-state index contributed by atoms with van der Waals surface area (Å²) in [6.45, 7) is 0. The highest BCUT2D eigenvalue weighted by molar-refractivity contribution is 7.98. The van der Waals surface area contributed by atoms with Crippen LogP contribution >= 0.6 is 11.8 Å². The van der Waals surface area contributed by atoms with E-state index in [1.54, 1.807) is 23.9 Å². The number of benzene rings is 2. The Hall–Kier alpha value is -1.78. The third kappa shape index (κ3) is 2.32. The molecule has 0 bridgehead atoms. The highest BCUT2D eigenvalue weighted by atomic mass is 32.2. The number of halogens is 1. The molecule has 3 aromatic rings. The van der Waals surface area contributed by atoms with Gasteiger partial charge < -0.3 is 10.2 Å². The average Bonchev–Trinajstić information content (AvgIpc) is 2.92. The molecule has 0 saturated heterocycles. The van der Waals surface area contributed by atoms with Crippen LogP contribution in [-0.4, -0.2) is 6.26 Å². The van der Waals surface area contributed by atoms with Crippen LogP contribution in [0.15, 0.2) is 57.8 Å². The van der Waals surface area contributed by atoms with Gasteiger partial charge in [-0.1, -0.05) is 24.3 Å². The lowest BCUT2D eigenvalue weighted by Gasteiger charge is -2.09. The van der Waals surface area contributed by atoms with Crippen molar-refractivity contribution in [2.45, 2.75) is 10.9 Å². The number of hydrogen-bond acceptors (Lipinski definition) is 3. The zero-order chi connectivity index (χ0) is 14.1. The first-order valence-corrected chi connectivity index (χ1v) is 7.49. The minimum absolute atomic E-state index is 0.263. The summed E-state index contributed by atoms with van der Waals surface area (Å²) in [5.74, 6) is 0.209. The Morgan fingerprint density at radius 3 is 2.55 bits per heavy atom. The molecule has 2 aromatic carbocycles. The predicted molar refractivity (Wildman–Crippen MR) is 80.4 cm³/mol. The molecule has 2 N–H and O–H groups in total. The smallest absolute Gasteiger partial charge is 0.169 e. The van der Waals surface area contributed by atoms with E-state index in [0.717, 1.165) is 10.9 Å². The van der Waals surface area contributed by atoms with E-state index >= 15 is 0 Å². The van der Waals surface area contributed by atoms with Crippen molar-refractivity contribution < 1.29 is 8.81 Å². The van der Waals surface area contributed by atoms with Crippen LogP contribution in [-0.2, 0) is 0 Å². The minimum Gasteiger partial charge on any atom is -0.456 e. The third-order valence-electron chi connectivity index (χ3n) is 3.30. The second-order valence-corrected chi connectivity index (χ2v) is 5.44. The Balaban J connectivity index is 1.98. The molecule has 102 valence electrons. The van der Waals surface area contributed by atoms with Crippen LogP contribution in [0.1, 0.15) is 17.4 Å². The Bertz CT molecular complexity index is 736. The first-order chi connectivity index (χ1) is 9.69. The van der Waals surface area contributed by atoms with E-state index in [4.69, 9.17) is 10.2 Å². The van der Waals surface area contributed by atoms with Gasteiger partial charge in [-0.15, -0.1) is 11.8 Å². The Kier molecular flexibility index (Phi) is 3.51. The van der Waals surface area contributed by atoms with Crippen LogP contribution in [0.3, 0.4) is 0 Å². The molecule has 0 aliphatic rings. The summed E-state index contributed by atoms with van der Waals surface area (Å²) in [6.07, 6.45) is 2.02. The topological polar surface area (TPSA) is 39.2 Å². The molecule has 1 heterocycles. The zero-order valence-electron chi connectivity index (χ0n) is 11.0. The standard InChI is InChI=1S/C16H14FNOS/c1-20-12-7-5-10(6-8-12)15(18)14-9-11-3-2-4-13(17)16(11)19-14/h2-9,15H,18H2,1H3. The fraction of sp³-hybridized carbons (Fsp3) is 0.125. The maximum absolute atomic E-state index is 13.6. The lowest BCUT2D eigenvalue weighted by atomic mass is 10.1. The van der Waals surface area contributed by atoms with Gasteiger partial charge in [0.1, 0.15) is 5.76 Å². The third-order valence-corrected chi connectivity index (χ3v) is 4.04. The SMILES string of the molecule is CSc1ccc(C(N)c2cc3cccc(F)c3o2)cc1. The molecule has 0 radical (unpaired) electrons. The van der Waals surface area contributed by atoms with Gasteiger partial charge in [-0.25, -0.2) is 4.39 Å². The van der Waals surface area contributed by atoms with E-state index in [0.29, 0.717) is 5.76 Å². The molecule has 1 unspecified atom stereocenters. The van der Waals surface area contributed by atoms with Gasteiger partial charge in [0, 0.05) is 10.3 Å². The molecule has 1 aromatic heterocycles. The molecule has 20 heavy (non-hydrogen) atoms. The van der Waals surface area contributed by atoms with Crippen molar-refractivity contribution in [2.24, 2.45) is 5.73 Å². The summed E-state index contributed by atoms with van der Waals surface area (Å²) in [5.41, 5.74) is 7.41. The molecule has 2 nitrogen and oxygen atoms in total. The summed E-state index contributed by atoms with van der Waals surface area (Å²) in [7, 11) is 0. The number of furan rings is 1. The molecule has 0 spiro atoms. The highest BCUT2D eigenvalue weighted by Crippen LogP contribution is 2.29. The Morgan fingerprint density at radius 1 is 1.15 bits per heavy atom. The molecule has 0 amide bonds. The van der Waals surface area contributed by atoms with Gasteiger partial charge in [-0.3, -0.25) is 0 Å². The highest BCUT2D eigenvalue weighted by Gasteiger charge is 2.15. The fourth-order valence-electron chi connectivity index (χ4n) is 2.18. The summed E-state index contributed by atoms with van der Waals surface area (Å²) in [4.78, 5) is 1.18. The zero-order valence-corrected chi connectivity index (χ0v) is 11.8. The van der Waals surface area contributed by atoms with Gasteiger partial charge in [0.05, 0.1) is 6.04 Å². The number of hydrogen-bond donors (Lipinski definition) is 1. The number of para-hydroxylation sites is 1. The molecule has 0 aliphatic carbocycles. The van der Waals surface area contributed by atoms with Gasteiger partial charge in [0.25, 0.3) is 0 Å². The van der Waals surface area contributed by atoms with Crippen LogP contribution in [0.25, 0.3) is 11.0 Å². The van der Waals surface area contributed by atoms with E-state index in [1.165, 1.54) is 11.0 Å². The van der Waals surface area contributed by atoms with E-state index < -0.39 is 6.04 Å². The number of fused-ring (bicyclic) bond motifs is 1. The van der Waals surface area contributed by atoms with Gasteiger partial charge in [0.15, 0.2) is 11.4 Å². The minimum atomic E-state index is -0.391. The van der Waals surface area contributed by atoms with Crippen LogP contribution in [0.4, 0.5) is 4.39 Å². The van der Waals surface area contributed by atoms with Gasteiger partial charge in [0.2, 0.25) is 0 Å². The average molecular weight is 287 g/mol. The van der Waals surface area contributed by atoms with Gasteiger partial charge >= 0.3 is 0 Å². The Morgan fingerprint density at radius 2 is 1.90 bits per heavy atom. The molecule has 0 saturated carbocycles. The quantitative estimate of drug-likeness (QED) is 0.728. The van der Waals surface area contributed by atoms with Crippen molar-refractivity contribution in [1.29, 1.82) is 0 Å². The number of rotatable bonds is 3. The van der Waals surface area contributed by atoms with Crippen molar-refractivity contribution in [3.8, 4) is 0 Å². The molecule has 1 atom stereocenters. The van der Waals surface area contributed by atoms with E-state index in [1.807, 2.05) is 36.6 Å². The second-order valence-electron chi connectivity index (χ2n) is 4.56. The van der Waals surface area contributed by atoms with Crippen molar-refractivity contribution in [1.82, 2.24) is 0 Å². The molecule has 4 heteroatoms. The summed E-state index contributed by atoms with van der Waals surface area (Å²) in [6, 6.07) is 14.2. The van der Waals surface area contributed by atoms with Crippen molar-refractivity contribution in [3.05, 3.63) is 65.7 Å². The van der Waals surface area contributed by atoms with Crippen LogP contribution in [0.2, 0.25) is 0 Å². The first kappa shape index (κ1) is 13.2. The molecular weight excluding hydrogens is 273 g/mol. The second kappa shape index (κ2) is 5.31. The molecule has 0 aliphatic heterocycles. The number of nitrogens with two attached hydrogens (primary N) is 1. The Labute approximate surface area is 120 Å². The van der Waals surface area contributed by atoms with Crippen LogP contribution in [0.5, 0.6) is 0 Å². The molecular formula is C16H14FNOS. The van der Waals surface area contributed by atoms with Crippen LogP contribution < -0.4 is 5.73 Å². The largest absolute Gasteiger partial charge is 0.456 e. The summed E-state index contributed by atoms with van der Waals surface area (Å²) in [5, 5.41) is 0.733. The predicted octanol–water partition coefficient (Wildman–Crippen LogP) is 4.34. The molecule has 0 fully saturated rings. The van der Waals surface area contributed by atoms with Crippen molar-refractivity contribution in [3.63, 3.8) is 0 Å². The fourth-order valence-corrected chi connectivity index (χ4v) is 2.58. The lowest BCUT2D eigenvalue weighted by Crippen LogP contribution is -2.10. The van der Waals surface area contributed by atoms with E-state index in [9.17, 15) is 4.39 Å². The van der Waals surface area contributed by atoms with Crippen LogP contribution in [0, 0.1) is 5.82 Å². The summed E-state index contributed by atoms with van der Waals surface area (Å²) < 4.78 is 19.2. The maximum atomic E-state index is 13.6. The van der Waals surface area contributed by atoms with Gasteiger partial charge in [-0.05, 0) is 36.1 Å². The maximum Gasteiger partial charge on any atom is 0.169 e. The van der Waals surface area contributed by atoms with Crippen molar-refractivity contribution >= 4 is 22.7 Å². The van der Waals surface area contributed by atoms with Crippen molar-refractivity contribution in [2.75, 3.05) is 6.26 Å². The lowest BCUT2D eigenvalue weighted by molar-refractivity contribution is 0.502. The first-order valence-electron chi connectivity index (χ1n) is 6.26. The van der Waals surface area contributed by atoms with Gasteiger partial charge in [-0.2, -0.15) is 0 Å². The summed E-state index contributed by atoms with van der Waals surface area (Å²) >= 11 is 1.68. The van der Waals surface area contributed by atoms with E-state index in [2.05, 4.69) is 0 Å². The number of thioether (sulfide) groups is 1. The van der Waals surface area contributed by atoms with E-state index in [-0.39, 0.29) is 11.4 Å².